The lowest BCUT2D eigenvalue weighted by atomic mass is 10.1. The summed E-state index contributed by atoms with van der Waals surface area (Å²) in [6.07, 6.45) is 1.09. The summed E-state index contributed by atoms with van der Waals surface area (Å²) in [4.78, 5) is 23.9. The molecule has 0 radical (unpaired) electrons. The number of nitrogens with one attached hydrogen (secondary N) is 1. The van der Waals surface area contributed by atoms with Crippen molar-refractivity contribution in [1.29, 1.82) is 0 Å². The van der Waals surface area contributed by atoms with Gasteiger partial charge in [-0.25, -0.2) is 0 Å². The van der Waals surface area contributed by atoms with E-state index in [2.05, 4.69) is 21.2 Å². The number of ether oxygens (including phenoxy) is 2. The highest BCUT2D eigenvalue weighted by Crippen LogP contribution is 2.32. The molecule has 2 aromatic rings. The lowest BCUT2D eigenvalue weighted by Gasteiger charge is -2.06. The fourth-order valence-electron chi connectivity index (χ4n) is 2.54. The smallest absolute Gasteiger partial charge is 0.231 e. The van der Waals surface area contributed by atoms with Crippen molar-refractivity contribution < 1.29 is 19.1 Å². The molecule has 1 aliphatic rings. The van der Waals surface area contributed by atoms with Crippen molar-refractivity contribution in [3.63, 3.8) is 0 Å². The highest BCUT2D eigenvalue weighted by Gasteiger charge is 2.13. The molecule has 0 spiro atoms. The van der Waals surface area contributed by atoms with E-state index in [0.717, 1.165) is 21.5 Å². The van der Waals surface area contributed by atoms with Crippen LogP contribution >= 0.6 is 15.9 Å². The van der Waals surface area contributed by atoms with Crippen molar-refractivity contribution in [2.45, 2.75) is 19.3 Å². The molecule has 1 aliphatic heterocycles. The fourth-order valence-corrected chi connectivity index (χ4v) is 2.80. The number of Topliss-reactive ketones (excluding diaryl/α,β-unsaturated/α-hetero) is 1. The van der Waals surface area contributed by atoms with Crippen molar-refractivity contribution in [3.05, 3.63) is 58.1 Å². The summed E-state index contributed by atoms with van der Waals surface area (Å²) in [6.45, 7) is 0.771. The predicted octanol–water partition coefficient (Wildman–Crippen LogP) is 3.50. The monoisotopic (exact) mass is 403 g/mol. The van der Waals surface area contributed by atoms with Gasteiger partial charge >= 0.3 is 0 Å². The van der Waals surface area contributed by atoms with Gasteiger partial charge in [0, 0.05) is 29.4 Å². The van der Waals surface area contributed by atoms with E-state index >= 15 is 0 Å². The van der Waals surface area contributed by atoms with Crippen molar-refractivity contribution in [1.82, 2.24) is 5.32 Å². The van der Waals surface area contributed by atoms with Crippen molar-refractivity contribution in [2.75, 3.05) is 13.3 Å². The van der Waals surface area contributed by atoms with Gasteiger partial charge in [0.2, 0.25) is 12.7 Å². The number of carbonyl (C=O) groups is 2. The summed E-state index contributed by atoms with van der Waals surface area (Å²) in [5.74, 6) is 1.34. The number of benzene rings is 2. The van der Waals surface area contributed by atoms with Crippen LogP contribution in [-0.2, 0) is 11.2 Å². The Morgan fingerprint density at radius 1 is 1.00 bits per heavy atom. The Morgan fingerprint density at radius 2 is 1.76 bits per heavy atom. The Hall–Kier alpha value is -2.34. The number of fused-ring (bicyclic) bond motifs is 1. The zero-order valence-corrected chi connectivity index (χ0v) is 15.2. The van der Waals surface area contributed by atoms with Gasteiger partial charge in [-0.3, -0.25) is 9.59 Å². The Kier molecular flexibility index (Phi) is 5.71. The zero-order chi connectivity index (χ0) is 17.6. The van der Waals surface area contributed by atoms with Gasteiger partial charge in [0.05, 0.1) is 0 Å². The second-order valence-electron chi connectivity index (χ2n) is 5.72. The normalized spacial score (nSPS) is 12.0. The lowest BCUT2D eigenvalue weighted by Crippen LogP contribution is -2.26. The molecule has 5 nitrogen and oxygen atoms in total. The maximum absolute atomic E-state index is 12.0. The van der Waals surface area contributed by atoms with Crippen LogP contribution in [0.1, 0.15) is 28.8 Å². The van der Waals surface area contributed by atoms with Crippen LogP contribution in [0.2, 0.25) is 0 Å². The van der Waals surface area contributed by atoms with Gasteiger partial charge in [-0.05, 0) is 36.2 Å². The van der Waals surface area contributed by atoms with Gasteiger partial charge in [-0.15, -0.1) is 0 Å². The summed E-state index contributed by atoms with van der Waals surface area (Å²) in [5.41, 5.74) is 1.69. The third-order valence-corrected chi connectivity index (χ3v) is 4.45. The largest absolute Gasteiger partial charge is 0.454 e. The van der Waals surface area contributed by atoms with Crippen LogP contribution in [0, 0.1) is 0 Å². The van der Waals surface area contributed by atoms with Crippen LogP contribution in [0.15, 0.2) is 46.9 Å². The first-order valence-electron chi connectivity index (χ1n) is 8.06. The number of amides is 1. The fraction of sp³-hybridized carbons (Fsp3) is 0.263. The molecule has 0 aliphatic carbocycles. The third-order valence-electron chi connectivity index (χ3n) is 3.92. The van der Waals surface area contributed by atoms with E-state index in [4.69, 9.17) is 9.47 Å². The second-order valence-corrected chi connectivity index (χ2v) is 6.63. The summed E-state index contributed by atoms with van der Waals surface area (Å²) in [6, 6.07) is 12.9. The molecule has 0 saturated heterocycles. The van der Waals surface area contributed by atoms with Crippen LogP contribution < -0.4 is 14.8 Å². The molecule has 0 unspecified atom stereocenters. The summed E-state index contributed by atoms with van der Waals surface area (Å²) in [7, 11) is 0. The molecule has 25 heavy (non-hydrogen) atoms. The maximum Gasteiger partial charge on any atom is 0.231 e. The highest BCUT2D eigenvalue weighted by atomic mass is 79.9. The van der Waals surface area contributed by atoms with Crippen LogP contribution in [0.25, 0.3) is 0 Å². The number of rotatable bonds is 7. The average molecular weight is 404 g/mol. The first-order valence-corrected chi connectivity index (χ1v) is 8.85. The lowest BCUT2D eigenvalue weighted by molar-refractivity contribution is -0.121. The molecule has 0 bridgehead atoms. The van der Waals surface area contributed by atoms with Crippen LogP contribution in [0.4, 0.5) is 0 Å². The van der Waals surface area contributed by atoms with Crippen LogP contribution in [-0.4, -0.2) is 25.0 Å². The number of hydrogen-bond donors (Lipinski definition) is 1. The van der Waals surface area contributed by atoms with E-state index < -0.39 is 0 Å². The summed E-state index contributed by atoms with van der Waals surface area (Å²) < 4.78 is 11.5. The standard InChI is InChI=1S/C19H18BrNO4/c20-15-4-2-14(3-5-15)16(22)6-8-19(23)21-10-9-13-1-7-17-18(11-13)25-12-24-17/h1-5,7,11H,6,8-10,12H2,(H,21,23). The van der Waals surface area contributed by atoms with Gasteiger partial charge in [-0.1, -0.05) is 34.1 Å². The van der Waals surface area contributed by atoms with E-state index in [0.29, 0.717) is 18.5 Å². The maximum atomic E-state index is 12.0. The molecule has 1 heterocycles. The quantitative estimate of drug-likeness (QED) is 0.718. The van der Waals surface area contributed by atoms with E-state index in [1.54, 1.807) is 12.1 Å². The minimum Gasteiger partial charge on any atom is -0.454 e. The third kappa shape index (κ3) is 4.82. The number of halogens is 1. The van der Waals surface area contributed by atoms with Gasteiger partial charge in [-0.2, -0.15) is 0 Å². The Morgan fingerprint density at radius 3 is 2.56 bits per heavy atom. The van der Waals surface area contributed by atoms with Gasteiger partial charge < -0.3 is 14.8 Å². The predicted molar refractivity (Wildman–Crippen MR) is 97.0 cm³/mol. The second kappa shape index (κ2) is 8.16. The topological polar surface area (TPSA) is 64.6 Å². The van der Waals surface area contributed by atoms with E-state index in [1.807, 2.05) is 30.3 Å². The summed E-state index contributed by atoms with van der Waals surface area (Å²) >= 11 is 3.33. The average Bonchev–Trinajstić information content (AvgIpc) is 3.08. The van der Waals surface area contributed by atoms with Crippen molar-refractivity contribution in [2.24, 2.45) is 0 Å². The van der Waals surface area contributed by atoms with Crippen LogP contribution in [0.5, 0.6) is 11.5 Å². The number of ketones is 1. The van der Waals surface area contributed by atoms with Crippen molar-refractivity contribution in [3.8, 4) is 11.5 Å². The molecular weight excluding hydrogens is 386 g/mol. The molecule has 3 rings (SSSR count). The Balaban J connectivity index is 1.39. The molecule has 1 amide bonds. The molecular formula is C19H18BrNO4. The number of hydrogen-bond acceptors (Lipinski definition) is 4. The molecule has 0 aromatic heterocycles. The van der Waals surface area contributed by atoms with Crippen LogP contribution in [0.3, 0.4) is 0 Å². The van der Waals surface area contributed by atoms with Gasteiger partial charge in [0.25, 0.3) is 0 Å². The first kappa shape index (κ1) is 17.5. The zero-order valence-electron chi connectivity index (χ0n) is 13.6. The molecule has 0 fully saturated rings. The Bertz CT molecular complexity index is 773. The Labute approximate surface area is 154 Å². The summed E-state index contributed by atoms with van der Waals surface area (Å²) in [5, 5.41) is 2.84. The molecule has 0 saturated carbocycles. The van der Waals surface area contributed by atoms with Crippen molar-refractivity contribution >= 4 is 27.6 Å². The van der Waals surface area contributed by atoms with E-state index in [-0.39, 0.29) is 31.3 Å². The first-order chi connectivity index (χ1) is 12.1. The highest BCUT2D eigenvalue weighted by molar-refractivity contribution is 9.10. The van der Waals surface area contributed by atoms with E-state index in [1.165, 1.54) is 0 Å². The van der Waals surface area contributed by atoms with Gasteiger partial charge in [0.1, 0.15) is 0 Å². The minimum atomic E-state index is -0.119. The molecule has 0 atom stereocenters. The SMILES string of the molecule is O=C(CCC(=O)c1ccc(Br)cc1)NCCc1ccc2c(c1)OCO2. The molecule has 6 heteroatoms. The molecule has 130 valence electrons. The molecule has 2 aromatic carbocycles. The molecule has 1 N–H and O–H groups in total. The van der Waals surface area contributed by atoms with E-state index in [9.17, 15) is 9.59 Å². The minimum absolute atomic E-state index is 0.0292. The van der Waals surface area contributed by atoms with Gasteiger partial charge in [0.15, 0.2) is 17.3 Å². The number of carbonyl (C=O) groups excluding carboxylic acids is 2.